The molecule has 0 saturated carbocycles. The van der Waals surface area contributed by atoms with E-state index in [2.05, 4.69) is 16.9 Å². The largest absolute Gasteiger partial charge is 0.332 e. The third kappa shape index (κ3) is 3.44. The second kappa shape index (κ2) is 6.84. The summed E-state index contributed by atoms with van der Waals surface area (Å²) in [6, 6.07) is 3.87. The summed E-state index contributed by atoms with van der Waals surface area (Å²) in [5.41, 5.74) is 1.08. The number of unbranched alkanes of at least 4 members (excludes halogenated alkanes) is 1. The van der Waals surface area contributed by atoms with Gasteiger partial charge >= 0.3 is 0 Å². The monoisotopic (exact) mass is 272 g/mol. The molecule has 0 bridgehead atoms. The minimum atomic E-state index is -0.0252. The Kier molecular flexibility index (Phi) is 4.87. The molecule has 2 aromatic heterocycles. The highest BCUT2D eigenvalue weighted by molar-refractivity contribution is 5.90. The Hall–Kier alpha value is -2.17. The lowest BCUT2D eigenvalue weighted by molar-refractivity contribution is 0.0724. The van der Waals surface area contributed by atoms with E-state index in [-0.39, 0.29) is 5.91 Å². The van der Waals surface area contributed by atoms with Gasteiger partial charge in [-0.15, -0.1) is 0 Å². The van der Waals surface area contributed by atoms with Gasteiger partial charge in [-0.1, -0.05) is 13.3 Å². The highest BCUT2D eigenvalue weighted by atomic mass is 16.2. The van der Waals surface area contributed by atoms with Crippen LogP contribution in [-0.2, 0) is 13.6 Å². The summed E-state index contributed by atoms with van der Waals surface area (Å²) < 4.78 is 1.76. The average molecular weight is 272 g/mol. The summed E-state index contributed by atoms with van der Waals surface area (Å²) in [7, 11) is 1.84. The zero-order chi connectivity index (χ0) is 14.4. The summed E-state index contributed by atoms with van der Waals surface area (Å²) in [6.45, 7) is 3.45. The van der Waals surface area contributed by atoms with Gasteiger partial charge in [0.2, 0.25) is 0 Å². The Morgan fingerprint density at radius 3 is 2.65 bits per heavy atom. The Balaban J connectivity index is 2.15. The minimum absolute atomic E-state index is 0.0252. The van der Waals surface area contributed by atoms with Gasteiger partial charge in [0.1, 0.15) is 0 Å². The zero-order valence-electron chi connectivity index (χ0n) is 12.0. The van der Waals surface area contributed by atoms with Gasteiger partial charge in [-0.3, -0.25) is 9.78 Å². The van der Waals surface area contributed by atoms with Crippen LogP contribution in [0, 0.1) is 0 Å². The van der Waals surface area contributed by atoms with E-state index in [4.69, 9.17) is 0 Å². The van der Waals surface area contributed by atoms with E-state index in [0.717, 1.165) is 24.9 Å². The van der Waals surface area contributed by atoms with Crippen molar-refractivity contribution in [2.75, 3.05) is 6.54 Å². The predicted molar refractivity (Wildman–Crippen MR) is 77.1 cm³/mol. The van der Waals surface area contributed by atoms with Crippen molar-refractivity contribution >= 4 is 5.91 Å². The van der Waals surface area contributed by atoms with Crippen molar-refractivity contribution in [2.24, 2.45) is 7.05 Å². The van der Waals surface area contributed by atoms with Crippen molar-refractivity contribution in [1.82, 2.24) is 19.4 Å². The third-order valence-electron chi connectivity index (χ3n) is 3.20. The molecular weight excluding hydrogens is 252 g/mol. The fourth-order valence-electron chi connectivity index (χ4n) is 2.02. The molecule has 5 nitrogen and oxygen atoms in total. The lowest BCUT2D eigenvalue weighted by Crippen LogP contribution is -2.33. The molecule has 1 amide bonds. The number of carbonyl (C=O) groups is 1. The van der Waals surface area contributed by atoms with Crippen molar-refractivity contribution in [3.8, 4) is 0 Å². The molecule has 0 aliphatic heterocycles. The molecule has 2 rings (SSSR count). The van der Waals surface area contributed by atoms with E-state index in [1.165, 1.54) is 0 Å². The van der Waals surface area contributed by atoms with E-state index < -0.39 is 0 Å². The highest BCUT2D eigenvalue weighted by Gasteiger charge is 2.19. The summed E-state index contributed by atoms with van der Waals surface area (Å²) >= 11 is 0. The van der Waals surface area contributed by atoms with Crippen LogP contribution in [0.2, 0.25) is 0 Å². The maximum absolute atomic E-state index is 12.6. The number of hydrogen-bond acceptors (Lipinski definition) is 3. The van der Waals surface area contributed by atoms with Crippen LogP contribution in [0.1, 0.15) is 35.9 Å². The first-order valence-corrected chi connectivity index (χ1v) is 6.88. The topological polar surface area (TPSA) is 51.0 Å². The molecule has 0 atom stereocenters. The first kappa shape index (κ1) is 14.2. The molecule has 106 valence electrons. The van der Waals surface area contributed by atoms with E-state index in [1.807, 2.05) is 24.1 Å². The van der Waals surface area contributed by atoms with E-state index in [9.17, 15) is 4.79 Å². The van der Waals surface area contributed by atoms with Gasteiger partial charge in [-0.2, -0.15) is 0 Å². The molecule has 5 heteroatoms. The van der Waals surface area contributed by atoms with Crippen molar-refractivity contribution in [2.45, 2.75) is 26.3 Å². The quantitative estimate of drug-likeness (QED) is 0.810. The second-order valence-electron chi connectivity index (χ2n) is 4.80. The smallest absolute Gasteiger partial charge is 0.290 e. The van der Waals surface area contributed by atoms with Crippen LogP contribution in [-0.4, -0.2) is 31.9 Å². The number of pyridine rings is 1. The summed E-state index contributed by atoms with van der Waals surface area (Å²) in [5, 5.41) is 0. The lowest BCUT2D eigenvalue weighted by Gasteiger charge is -2.22. The third-order valence-corrected chi connectivity index (χ3v) is 3.20. The number of amides is 1. The van der Waals surface area contributed by atoms with Crippen molar-refractivity contribution < 1.29 is 4.79 Å². The standard InChI is InChI=1S/C15H20N4O/c1-3-4-10-19(12-13-5-7-16-8-6-13)15(20)14-17-9-11-18(14)2/h5-9,11H,3-4,10,12H2,1-2H3. The second-order valence-corrected chi connectivity index (χ2v) is 4.80. The lowest BCUT2D eigenvalue weighted by atomic mass is 10.2. The van der Waals surface area contributed by atoms with Crippen molar-refractivity contribution in [3.63, 3.8) is 0 Å². The van der Waals surface area contributed by atoms with E-state index in [0.29, 0.717) is 12.4 Å². The molecule has 0 spiro atoms. The molecule has 0 saturated heterocycles. The molecule has 0 fully saturated rings. The zero-order valence-corrected chi connectivity index (χ0v) is 12.0. The number of aromatic nitrogens is 3. The average Bonchev–Trinajstić information content (AvgIpc) is 2.90. The van der Waals surface area contributed by atoms with Gasteiger partial charge in [0.15, 0.2) is 5.82 Å². The van der Waals surface area contributed by atoms with Gasteiger partial charge in [0.25, 0.3) is 5.91 Å². The number of aryl methyl sites for hydroxylation is 1. The van der Waals surface area contributed by atoms with Crippen LogP contribution in [0.4, 0.5) is 0 Å². The maximum Gasteiger partial charge on any atom is 0.290 e. The number of nitrogens with zero attached hydrogens (tertiary/aromatic N) is 4. The highest BCUT2D eigenvalue weighted by Crippen LogP contribution is 2.09. The fraction of sp³-hybridized carbons (Fsp3) is 0.400. The van der Waals surface area contributed by atoms with Gasteiger partial charge in [0.05, 0.1) is 0 Å². The number of hydrogen-bond donors (Lipinski definition) is 0. The molecule has 2 heterocycles. The molecule has 20 heavy (non-hydrogen) atoms. The van der Waals surface area contributed by atoms with Crippen LogP contribution in [0.15, 0.2) is 36.9 Å². The SMILES string of the molecule is CCCCN(Cc1ccncc1)C(=O)c1nccn1C. The molecule has 0 radical (unpaired) electrons. The van der Waals surface area contributed by atoms with Crippen molar-refractivity contribution in [3.05, 3.63) is 48.3 Å². The fourth-order valence-corrected chi connectivity index (χ4v) is 2.02. The molecule has 2 aromatic rings. The van der Waals surface area contributed by atoms with Gasteiger partial charge < -0.3 is 9.47 Å². The van der Waals surface area contributed by atoms with Crippen LogP contribution in [0.5, 0.6) is 0 Å². The van der Waals surface area contributed by atoms with Crippen LogP contribution in [0.25, 0.3) is 0 Å². The van der Waals surface area contributed by atoms with Crippen LogP contribution >= 0.6 is 0 Å². The first-order chi connectivity index (χ1) is 9.72. The Labute approximate surface area is 119 Å². The maximum atomic E-state index is 12.6. The summed E-state index contributed by atoms with van der Waals surface area (Å²) in [5.74, 6) is 0.456. The minimum Gasteiger partial charge on any atom is -0.332 e. The molecule has 0 aliphatic rings. The summed E-state index contributed by atoms with van der Waals surface area (Å²) in [4.78, 5) is 22.6. The number of rotatable bonds is 6. The van der Waals surface area contributed by atoms with Gasteiger partial charge in [0, 0.05) is 44.9 Å². The number of imidazole rings is 1. The van der Waals surface area contributed by atoms with Crippen LogP contribution < -0.4 is 0 Å². The Bertz CT molecular complexity index is 550. The first-order valence-electron chi connectivity index (χ1n) is 6.88. The Morgan fingerprint density at radius 2 is 2.05 bits per heavy atom. The molecule has 0 unspecified atom stereocenters. The van der Waals surface area contributed by atoms with Gasteiger partial charge in [-0.05, 0) is 24.1 Å². The normalized spacial score (nSPS) is 10.5. The number of carbonyl (C=O) groups excluding carboxylic acids is 1. The van der Waals surface area contributed by atoms with Gasteiger partial charge in [-0.25, -0.2) is 4.98 Å². The Morgan fingerprint density at radius 1 is 1.30 bits per heavy atom. The predicted octanol–water partition coefficient (Wildman–Crippen LogP) is 2.26. The molecule has 0 aromatic carbocycles. The molecule has 0 N–H and O–H groups in total. The molecular formula is C15H20N4O. The van der Waals surface area contributed by atoms with E-state index >= 15 is 0 Å². The summed E-state index contributed by atoms with van der Waals surface area (Å²) in [6.07, 6.45) is 8.98. The van der Waals surface area contributed by atoms with E-state index in [1.54, 1.807) is 29.4 Å². The van der Waals surface area contributed by atoms with Crippen molar-refractivity contribution in [1.29, 1.82) is 0 Å². The molecule has 0 aliphatic carbocycles. The van der Waals surface area contributed by atoms with Crippen LogP contribution in [0.3, 0.4) is 0 Å².